The number of anilines is 1. The normalized spacial score (nSPS) is 12.2. The molecule has 4 heteroatoms. The molecule has 0 aliphatic carbocycles. The van der Waals surface area contributed by atoms with E-state index in [1.807, 2.05) is 0 Å². The van der Waals surface area contributed by atoms with Crippen molar-refractivity contribution in [2.24, 2.45) is 5.73 Å². The summed E-state index contributed by atoms with van der Waals surface area (Å²) < 4.78 is 14.2. The SMILES string of the molecule is CCN(c1ccc(F)cc1)C(CN)c1ccc(C)c(Br)c1. The minimum Gasteiger partial charge on any atom is -0.363 e. The highest BCUT2D eigenvalue weighted by Crippen LogP contribution is 2.29. The van der Waals surface area contributed by atoms with E-state index in [1.54, 1.807) is 12.1 Å². The van der Waals surface area contributed by atoms with Gasteiger partial charge in [0.2, 0.25) is 0 Å². The zero-order chi connectivity index (χ0) is 15.4. The molecule has 2 aromatic carbocycles. The molecule has 0 aliphatic rings. The zero-order valence-corrected chi connectivity index (χ0v) is 13.9. The lowest BCUT2D eigenvalue weighted by Crippen LogP contribution is -2.33. The average Bonchev–Trinajstić information content (AvgIpc) is 2.49. The Morgan fingerprint density at radius 1 is 1.19 bits per heavy atom. The van der Waals surface area contributed by atoms with Crippen LogP contribution in [0.15, 0.2) is 46.9 Å². The first-order valence-electron chi connectivity index (χ1n) is 7.05. The van der Waals surface area contributed by atoms with Gasteiger partial charge >= 0.3 is 0 Å². The van der Waals surface area contributed by atoms with Crippen LogP contribution in [0.5, 0.6) is 0 Å². The van der Waals surface area contributed by atoms with E-state index in [1.165, 1.54) is 17.7 Å². The van der Waals surface area contributed by atoms with Gasteiger partial charge in [0.05, 0.1) is 6.04 Å². The molecular weight excluding hydrogens is 331 g/mol. The van der Waals surface area contributed by atoms with Gasteiger partial charge in [-0.15, -0.1) is 0 Å². The van der Waals surface area contributed by atoms with Gasteiger partial charge in [0.15, 0.2) is 0 Å². The minimum atomic E-state index is -0.225. The molecule has 2 N–H and O–H groups in total. The van der Waals surface area contributed by atoms with E-state index in [4.69, 9.17) is 5.73 Å². The van der Waals surface area contributed by atoms with Crippen molar-refractivity contribution in [3.63, 3.8) is 0 Å². The van der Waals surface area contributed by atoms with Crippen LogP contribution in [0.2, 0.25) is 0 Å². The number of nitrogens with two attached hydrogens (primary N) is 1. The summed E-state index contributed by atoms with van der Waals surface area (Å²) in [5.74, 6) is -0.225. The number of benzene rings is 2. The van der Waals surface area contributed by atoms with Crippen molar-refractivity contribution in [1.29, 1.82) is 0 Å². The lowest BCUT2D eigenvalue weighted by atomic mass is 10.0. The molecule has 1 atom stereocenters. The number of likely N-dealkylation sites (N-methyl/N-ethyl adjacent to an activating group) is 1. The van der Waals surface area contributed by atoms with Crippen molar-refractivity contribution in [3.05, 3.63) is 63.9 Å². The van der Waals surface area contributed by atoms with E-state index in [9.17, 15) is 4.39 Å². The van der Waals surface area contributed by atoms with E-state index in [-0.39, 0.29) is 11.9 Å². The summed E-state index contributed by atoms with van der Waals surface area (Å²) in [7, 11) is 0. The first-order valence-corrected chi connectivity index (χ1v) is 7.84. The Labute approximate surface area is 133 Å². The van der Waals surface area contributed by atoms with E-state index in [0.717, 1.165) is 22.3 Å². The van der Waals surface area contributed by atoms with Crippen LogP contribution in [-0.4, -0.2) is 13.1 Å². The predicted molar refractivity (Wildman–Crippen MR) is 90.1 cm³/mol. The average molecular weight is 351 g/mol. The van der Waals surface area contributed by atoms with Crippen molar-refractivity contribution in [1.82, 2.24) is 0 Å². The lowest BCUT2D eigenvalue weighted by Gasteiger charge is -2.32. The second-order valence-electron chi connectivity index (χ2n) is 5.02. The fourth-order valence-corrected chi connectivity index (χ4v) is 2.87. The van der Waals surface area contributed by atoms with Crippen LogP contribution < -0.4 is 10.6 Å². The van der Waals surface area contributed by atoms with Crippen LogP contribution >= 0.6 is 15.9 Å². The fraction of sp³-hybridized carbons (Fsp3) is 0.294. The molecule has 2 rings (SSSR count). The van der Waals surface area contributed by atoms with Crippen molar-refractivity contribution in [2.45, 2.75) is 19.9 Å². The Morgan fingerprint density at radius 3 is 2.38 bits per heavy atom. The van der Waals surface area contributed by atoms with Crippen molar-refractivity contribution in [3.8, 4) is 0 Å². The monoisotopic (exact) mass is 350 g/mol. The van der Waals surface area contributed by atoms with Gasteiger partial charge < -0.3 is 10.6 Å². The van der Waals surface area contributed by atoms with E-state index in [0.29, 0.717) is 6.54 Å². The van der Waals surface area contributed by atoms with Gasteiger partial charge in [0.25, 0.3) is 0 Å². The van der Waals surface area contributed by atoms with Gasteiger partial charge in [-0.3, -0.25) is 0 Å². The molecule has 0 fully saturated rings. The molecule has 0 radical (unpaired) electrons. The van der Waals surface area contributed by atoms with Gasteiger partial charge in [-0.1, -0.05) is 28.1 Å². The quantitative estimate of drug-likeness (QED) is 0.864. The summed E-state index contributed by atoms with van der Waals surface area (Å²) in [6.07, 6.45) is 0. The van der Waals surface area contributed by atoms with Crippen molar-refractivity contribution in [2.75, 3.05) is 18.0 Å². The Hall–Kier alpha value is -1.39. The number of hydrogen-bond donors (Lipinski definition) is 1. The third-order valence-corrected chi connectivity index (χ3v) is 4.53. The largest absolute Gasteiger partial charge is 0.363 e. The molecule has 0 aliphatic heterocycles. The molecule has 0 heterocycles. The number of hydrogen-bond acceptors (Lipinski definition) is 2. The molecule has 2 nitrogen and oxygen atoms in total. The Morgan fingerprint density at radius 2 is 1.86 bits per heavy atom. The van der Waals surface area contributed by atoms with Crippen molar-refractivity contribution >= 4 is 21.6 Å². The summed E-state index contributed by atoms with van der Waals surface area (Å²) >= 11 is 3.57. The predicted octanol–water partition coefficient (Wildman–Crippen LogP) is 4.42. The second-order valence-corrected chi connectivity index (χ2v) is 5.88. The number of rotatable bonds is 5. The fourth-order valence-electron chi connectivity index (χ4n) is 2.48. The number of aryl methyl sites for hydroxylation is 1. The molecule has 21 heavy (non-hydrogen) atoms. The van der Waals surface area contributed by atoms with Gasteiger partial charge in [-0.05, 0) is 55.3 Å². The first-order chi connectivity index (χ1) is 10.1. The number of nitrogens with zero attached hydrogens (tertiary/aromatic N) is 1. The Balaban J connectivity index is 2.36. The highest BCUT2D eigenvalue weighted by atomic mass is 79.9. The summed E-state index contributed by atoms with van der Waals surface area (Å²) in [5, 5.41) is 0. The van der Waals surface area contributed by atoms with Gasteiger partial charge in [-0.25, -0.2) is 4.39 Å². The molecule has 2 aromatic rings. The molecule has 0 aromatic heterocycles. The Bertz CT molecular complexity index is 598. The molecule has 112 valence electrons. The zero-order valence-electron chi connectivity index (χ0n) is 12.3. The van der Waals surface area contributed by atoms with Gasteiger partial charge in [0.1, 0.15) is 5.82 Å². The minimum absolute atomic E-state index is 0.0670. The topological polar surface area (TPSA) is 29.3 Å². The summed E-state index contributed by atoms with van der Waals surface area (Å²) in [6.45, 7) is 5.44. The first kappa shape index (κ1) is 16.0. The summed E-state index contributed by atoms with van der Waals surface area (Å²) in [4.78, 5) is 2.19. The molecule has 0 bridgehead atoms. The highest BCUT2D eigenvalue weighted by Gasteiger charge is 2.19. The van der Waals surface area contributed by atoms with Gasteiger partial charge in [0, 0.05) is 23.2 Å². The van der Waals surface area contributed by atoms with Gasteiger partial charge in [-0.2, -0.15) is 0 Å². The number of halogens is 2. The second kappa shape index (κ2) is 7.05. The van der Waals surface area contributed by atoms with E-state index in [2.05, 4.69) is 52.9 Å². The molecule has 0 saturated heterocycles. The molecule has 1 unspecified atom stereocenters. The van der Waals surface area contributed by atoms with Crippen LogP contribution in [0, 0.1) is 12.7 Å². The molecule has 0 amide bonds. The molecule has 0 saturated carbocycles. The van der Waals surface area contributed by atoms with Crippen molar-refractivity contribution < 1.29 is 4.39 Å². The summed E-state index contributed by atoms with van der Waals surface area (Å²) in [6, 6.07) is 12.9. The summed E-state index contributed by atoms with van der Waals surface area (Å²) in [5.41, 5.74) is 9.33. The van der Waals surface area contributed by atoms with Crippen LogP contribution in [0.3, 0.4) is 0 Å². The van der Waals surface area contributed by atoms with Crippen LogP contribution in [0.4, 0.5) is 10.1 Å². The lowest BCUT2D eigenvalue weighted by molar-refractivity contribution is 0.622. The maximum Gasteiger partial charge on any atom is 0.123 e. The standard InChI is InChI=1S/C17H20BrFN2/c1-3-21(15-8-6-14(19)7-9-15)17(11-20)13-5-4-12(2)16(18)10-13/h4-10,17H,3,11,20H2,1-2H3. The van der Waals surface area contributed by atoms with Crippen LogP contribution in [0.1, 0.15) is 24.1 Å². The van der Waals surface area contributed by atoms with E-state index >= 15 is 0 Å². The van der Waals surface area contributed by atoms with Crippen LogP contribution in [0.25, 0.3) is 0 Å². The molecular formula is C17H20BrFN2. The third kappa shape index (κ3) is 3.63. The Kier molecular flexibility index (Phi) is 5.37. The van der Waals surface area contributed by atoms with E-state index < -0.39 is 0 Å². The van der Waals surface area contributed by atoms with Crippen LogP contribution in [-0.2, 0) is 0 Å². The maximum atomic E-state index is 13.1. The maximum absolute atomic E-state index is 13.1. The third-order valence-electron chi connectivity index (χ3n) is 3.68. The highest BCUT2D eigenvalue weighted by molar-refractivity contribution is 9.10. The smallest absolute Gasteiger partial charge is 0.123 e. The molecule has 0 spiro atoms.